The molecule has 0 radical (unpaired) electrons. The summed E-state index contributed by atoms with van der Waals surface area (Å²) in [6, 6.07) is 6.04. The SMILES string of the molecule is CC(CNC(=O)c1cccc2c1OCCN2)N1CCCC1. The van der Waals surface area contributed by atoms with E-state index >= 15 is 0 Å². The van der Waals surface area contributed by atoms with E-state index in [9.17, 15) is 4.79 Å². The van der Waals surface area contributed by atoms with Crippen molar-refractivity contribution in [3.05, 3.63) is 23.8 Å². The number of amides is 1. The Bertz CT molecular complexity index is 512. The molecule has 1 atom stereocenters. The predicted molar refractivity (Wildman–Crippen MR) is 83.0 cm³/mol. The summed E-state index contributed by atoms with van der Waals surface area (Å²) in [4.78, 5) is 14.8. The van der Waals surface area contributed by atoms with Gasteiger partial charge >= 0.3 is 0 Å². The third kappa shape index (κ3) is 3.13. The van der Waals surface area contributed by atoms with Crippen LogP contribution in [0.5, 0.6) is 5.75 Å². The number of fused-ring (bicyclic) bond motifs is 1. The highest BCUT2D eigenvalue weighted by molar-refractivity contribution is 5.99. The minimum absolute atomic E-state index is 0.0541. The first-order valence-electron chi connectivity index (χ1n) is 7.77. The van der Waals surface area contributed by atoms with Gasteiger partial charge in [-0.15, -0.1) is 0 Å². The van der Waals surface area contributed by atoms with Crippen LogP contribution in [0, 0.1) is 0 Å². The Morgan fingerprint density at radius 2 is 2.24 bits per heavy atom. The Hall–Kier alpha value is -1.75. The van der Waals surface area contributed by atoms with Gasteiger partial charge < -0.3 is 15.4 Å². The molecule has 1 unspecified atom stereocenters. The van der Waals surface area contributed by atoms with Crippen molar-refractivity contribution >= 4 is 11.6 Å². The van der Waals surface area contributed by atoms with E-state index in [0.717, 1.165) is 25.3 Å². The maximum Gasteiger partial charge on any atom is 0.255 e. The van der Waals surface area contributed by atoms with Crippen LogP contribution in [-0.4, -0.2) is 49.6 Å². The highest BCUT2D eigenvalue weighted by atomic mass is 16.5. The van der Waals surface area contributed by atoms with Crippen molar-refractivity contribution in [2.45, 2.75) is 25.8 Å². The van der Waals surface area contributed by atoms with Crippen molar-refractivity contribution in [3.8, 4) is 5.75 Å². The quantitative estimate of drug-likeness (QED) is 0.886. The van der Waals surface area contributed by atoms with Crippen molar-refractivity contribution in [1.82, 2.24) is 10.2 Å². The fourth-order valence-corrected chi connectivity index (χ4v) is 3.00. The number of carbonyl (C=O) groups excluding carboxylic acids is 1. The van der Waals surface area contributed by atoms with Crippen molar-refractivity contribution < 1.29 is 9.53 Å². The fraction of sp³-hybridized carbons (Fsp3) is 0.562. The minimum atomic E-state index is -0.0541. The molecule has 2 heterocycles. The van der Waals surface area contributed by atoms with E-state index in [1.54, 1.807) is 0 Å². The number of nitrogens with zero attached hydrogens (tertiary/aromatic N) is 1. The van der Waals surface area contributed by atoms with Crippen LogP contribution in [0.2, 0.25) is 0 Å². The first-order chi connectivity index (χ1) is 10.3. The molecule has 114 valence electrons. The second kappa shape index (κ2) is 6.35. The van der Waals surface area contributed by atoms with E-state index in [1.807, 2.05) is 18.2 Å². The summed E-state index contributed by atoms with van der Waals surface area (Å²) in [7, 11) is 0. The molecular formula is C16H23N3O2. The van der Waals surface area contributed by atoms with E-state index in [-0.39, 0.29) is 5.91 Å². The second-order valence-corrected chi connectivity index (χ2v) is 5.76. The smallest absolute Gasteiger partial charge is 0.255 e. The van der Waals surface area contributed by atoms with Crippen LogP contribution in [-0.2, 0) is 0 Å². The number of hydrogen-bond donors (Lipinski definition) is 2. The van der Waals surface area contributed by atoms with Crippen LogP contribution in [0.4, 0.5) is 5.69 Å². The zero-order valence-electron chi connectivity index (χ0n) is 12.5. The van der Waals surface area contributed by atoms with Gasteiger partial charge in [0.15, 0.2) is 5.75 Å². The highest BCUT2D eigenvalue weighted by Crippen LogP contribution is 2.31. The molecule has 0 spiro atoms. The molecule has 5 heteroatoms. The average Bonchev–Trinajstić information content (AvgIpc) is 3.06. The van der Waals surface area contributed by atoms with Gasteiger partial charge in [0.1, 0.15) is 6.61 Å². The summed E-state index contributed by atoms with van der Waals surface area (Å²) < 4.78 is 5.65. The molecule has 2 aliphatic rings. The maximum atomic E-state index is 12.4. The van der Waals surface area contributed by atoms with E-state index in [1.165, 1.54) is 12.8 Å². The molecule has 1 saturated heterocycles. The molecule has 0 bridgehead atoms. The van der Waals surface area contributed by atoms with Gasteiger partial charge in [0.25, 0.3) is 5.91 Å². The number of benzene rings is 1. The van der Waals surface area contributed by atoms with Crippen molar-refractivity contribution in [2.75, 3.05) is 38.1 Å². The van der Waals surface area contributed by atoms with Crippen molar-refractivity contribution in [3.63, 3.8) is 0 Å². The van der Waals surface area contributed by atoms with Gasteiger partial charge in [-0.05, 0) is 45.0 Å². The lowest BCUT2D eigenvalue weighted by Gasteiger charge is -2.25. The molecular weight excluding hydrogens is 266 g/mol. The third-order valence-electron chi connectivity index (χ3n) is 4.25. The molecule has 0 aromatic heterocycles. The topological polar surface area (TPSA) is 53.6 Å². The Balaban J connectivity index is 1.63. The number of nitrogens with one attached hydrogen (secondary N) is 2. The summed E-state index contributed by atoms with van der Waals surface area (Å²) in [5.41, 5.74) is 1.52. The largest absolute Gasteiger partial charge is 0.489 e. The van der Waals surface area contributed by atoms with Crippen LogP contribution in [0.25, 0.3) is 0 Å². The van der Waals surface area contributed by atoms with E-state index in [0.29, 0.717) is 30.5 Å². The normalized spacial score (nSPS) is 19.3. The first-order valence-corrected chi connectivity index (χ1v) is 7.77. The minimum Gasteiger partial charge on any atom is -0.489 e. The van der Waals surface area contributed by atoms with Crippen LogP contribution < -0.4 is 15.4 Å². The van der Waals surface area contributed by atoms with Gasteiger partial charge in [0, 0.05) is 19.1 Å². The Morgan fingerprint density at radius 1 is 1.43 bits per heavy atom. The monoisotopic (exact) mass is 289 g/mol. The Kier molecular flexibility index (Phi) is 4.29. The van der Waals surface area contributed by atoms with E-state index < -0.39 is 0 Å². The second-order valence-electron chi connectivity index (χ2n) is 5.76. The summed E-state index contributed by atoms with van der Waals surface area (Å²) in [5, 5.41) is 6.29. The Labute approximate surface area is 125 Å². The van der Waals surface area contributed by atoms with E-state index in [4.69, 9.17) is 4.74 Å². The molecule has 2 aliphatic heterocycles. The molecule has 1 aromatic rings. The summed E-state index contributed by atoms with van der Waals surface area (Å²) >= 11 is 0. The number of carbonyl (C=O) groups is 1. The number of hydrogen-bond acceptors (Lipinski definition) is 4. The molecule has 0 aliphatic carbocycles. The van der Waals surface area contributed by atoms with Crippen LogP contribution in [0.1, 0.15) is 30.1 Å². The van der Waals surface area contributed by atoms with Crippen LogP contribution >= 0.6 is 0 Å². The van der Waals surface area contributed by atoms with E-state index in [2.05, 4.69) is 22.5 Å². The van der Waals surface area contributed by atoms with Crippen LogP contribution in [0.15, 0.2) is 18.2 Å². The van der Waals surface area contributed by atoms with Gasteiger partial charge in [-0.3, -0.25) is 9.69 Å². The lowest BCUT2D eigenvalue weighted by molar-refractivity contribution is 0.0936. The lowest BCUT2D eigenvalue weighted by Crippen LogP contribution is -2.40. The average molecular weight is 289 g/mol. The summed E-state index contributed by atoms with van der Waals surface area (Å²) in [5.74, 6) is 0.622. The van der Waals surface area contributed by atoms with Gasteiger partial charge in [-0.25, -0.2) is 0 Å². The van der Waals surface area contributed by atoms with Crippen molar-refractivity contribution in [2.24, 2.45) is 0 Å². The molecule has 3 rings (SSSR count). The molecule has 2 N–H and O–H groups in total. The summed E-state index contributed by atoms with van der Waals surface area (Å²) in [6.45, 7) is 6.52. The maximum absolute atomic E-state index is 12.4. The highest BCUT2D eigenvalue weighted by Gasteiger charge is 2.21. The first kappa shape index (κ1) is 14.2. The zero-order valence-corrected chi connectivity index (χ0v) is 12.5. The van der Waals surface area contributed by atoms with Gasteiger partial charge in [-0.1, -0.05) is 6.07 Å². The molecule has 21 heavy (non-hydrogen) atoms. The number of rotatable bonds is 4. The van der Waals surface area contributed by atoms with Gasteiger partial charge in [0.2, 0.25) is 0 Å². The number of ether oxygens (including phenoxy) is 1. The van der Waals surface area contributed by atoms with Gasteiger partial charge in [-0.2, -0.15) is 0 Å². The zero-order chi connectivity index (χ0) is 14.7. The molecule has 0 saturated carbocycles. The lowest BCUT2D eigenvalue weighted by atomic mass is 10.1. The number of para-hydroxylation sites is 1. The van der Waals surface area contributed by atoms with Crippen molar-refractivity contribution in [1.29, 1.82) is 0 Å². The fourth-order valence-electron chi connectivity index (χ4n) is 3.00. The standard InChI is InChI=1S/C16H23N3O2/c1-12(19-8-2-3-9-19)11-18-16(20)13-5-4-6-14-15(13)21-10-7-17-14/h4-6,12,17H,2-3,7-11H2,1H3,(H,18,20). The number of anilines is 1. The molecule has 1 amide bonds. The third-order valence-corrected chi connectivity index (χ3v) is 4.25. The number of likely N-dealkylation sites (tertiary alicyclic amines) is 1. The van der Waals surface area contributed by atoms with Crippen LogP contribution in [0.3, 0.4) is 0 Å². The molecule has 1 fully saturated rings. The molecule has 1 aromatic carbocycles. The van der Waals surface area contributed by atoms with Gasteiger partial charge in [0.05, 0.1) is 11.3 Å². The Morgan fingerprint density at radius 3 is 3.05 bits per heavy atom. The summed E-state index contributed by atoms with van der Waals surface area (Å²) in [6.07, 6.45) is 2.54. The molecule has 5 nitrogen and oxygen atoms in total. The predicted octanol–water partition coefficient (Wildman–Crippen LogP) is 1.70.